The lowest BCUT2D eigenvalue weighted by molar-refractivity contribution is -0.0963. The monoisotopic (exact) mass is 436 g/mol. The second-order valence-electron chi connectivity index (χ2n) is 9.95. The SMILES string of the molecule is Cn1nc(CN2CCC3(CC2)OCCc2ccsc23)nc1-c1ccc(C(C)(C)C)cc1. The summed E-state index contributed by atoms with van der Waals surface area (Å²) in [6, 6.07) is 11.0. The fourth-order valence-corrected chi connectivity index (χ4v) is 6.04. The first-order valence-electron chi connectivity index (χ1n) is 11.3. The van der Waals surface area contributed by atoms with Crippen LogP contribution >= 0.6 is 11.3 Å². The Balaban J connectivity index is 1.27. The van der Waals surface area contributed by atoms with Crippen molar-refractivity contribution >= 4 is 11.3 Å². The molecule has 164 valence electrons. The van der Waals surface area contributed by atoms with Gasteiger partial charge in [0.15, 0.2) is 11.6 Å². The van der Waals surface area contributed by atoms with E-state index < -0.39 is 0 Å². The fraction of sp³-hybridized carbons (Fsp3) is 0.520. The predicted octanol–water partition coefficient (Wildman–Crippen LogP) is 4.91. The first-order valence-corrected chi connectivity index (χ1v) is 12.2. The Hall–Kier alpha value is -2.02. The fourth-order valence-electron chi connectivity index (χ4n) is 4.87. The van der Waals surface area contributed by atoms with Crippen LogP contribution in [0.3, 0.4) is 0 Å². The third kappa shape index (κ3) is 3.97. The van der Waals surface area contributed by atoms with Gasteiger partial charge in [0.1, 0.15) is 5.60 Å². The Bertz CT molecular complexity index is 1050. The number of benzene rings is 1. The van der Waals surface area contributed by atoms with Gasteiger partial charge in [0.2, 0.25) is 0 Å². The standard InChI is InChI=1S/C25H32N4OS/c1-24(2,3)20-7-5-19(6-8-20)23-26-21(27-28(23)4)17-29-13-11-25(12-14-29)22-18(9-15-30-25)10-16-31-22/h5-8,10,16H,9,11-15,17H2,1-4H3. The van der Waals surface area contributed by atoms with E-state index >= 15 is 0 Å². The highest BCUT2D eigenvalue weighted by molar-refractivity contribution is 7.10. The van der Waals surface area contributed by atoms with E-state index in [2.05, 4.69) is 61.4 Å². The van der Waals surface area contributed by atoms with Crippen LogP contribution in [0.15, 0.2) is 35.7 Å². The van der Waals surface area contributed by atoms with Gasteiger partial charge in [-0.2, -0.15) is 5.10 Å². The van der Waals surface area contributed by atoms with Crippen LogP contribution < -0.4 is 0 Å². The molecule has 5 rings (SSSR count). The second-order valence-corrected chi connectivity index (χ2v) is 10.9. The predicted molar refractivity (Wildman–Crippen MR) is 125 cm³/mol. The van der Waals surface area contributed by atoms with Crippen LogP contribution in [0.5, 0.6) is 0 Å². The number of nitrogens with zero attached hydrogens (tertiary/aromatic N) is 4. The summed E-state index contributed by atoms with van der Waals surface area (Å²) in [5, 5.41) is 6.94. The number of aryl methyl sites for hydroxylation is 1. The molecule has 2 aliphatic heterocycles. The van der Waals surface area contributed by atoms with Crippen molar-refractivity contribution in [3.05, 3.63) is 57.5 Å². The molecule has 31 heavy (non-hydrogen) atoms. The van der Waals surface area contributed by atoms with Gasteiger partial charge in [0.25, 0.3) is 0 Å². The molecule has 0 bridgehead atoms. The van der Waals surface area contributed by atoms with E-state index in [4.69, 9.17) is 14.8 Å². The summed E-state index contributed by atoms with van der Waals surface area (Å²) < 4.78 is 8.26. The van der Waals surface area contributed by atoms with Crippen molar-refractivity contribution < 1.29 is 4.74 Å². The third-order valence-corrected chi connectivity index (χ3v) is 7.90. The molecule has 4 heterocycles. The van der Waals surface area contributed by atoms with Gasteiger partial charge in [-0.3, -0.25) is 4.90 Å². The smallest absolute Gasteiger partial charge is 0.165 e. The molecule has 1 saturated heterocycles. The number of rotatable bonds is 3. The van der Waals surface area contributed by atoms with Crippen LogP contribution in [0.1, 0.15) is 55.4 Å². The van der Waals surface area contributed by atoms with E-state index in [0.29, 0.717) is 0 Å². The zero-order valence-corrected chi connectivity index (χ0v) is 19.8. The maximum atomic E-state index is 6.35. The molecule has 1 spiro atoms. The molecule has 0 amide bonds. The molecule has 0 aliphatic carbocycles. The largest absolute Gasteiger partial charge is 0.369 e. The van der Waals surface area contributed by atoms with Gasteiger partial charge in [-0.15, -0.1) is 11.3 Å². The number of fused-ring (bicyclic) bond motifs is 2. The van der Waals surface area contributed by atoms with Crippen LogP contribution in [0, 0.1) is 0 Å². The first-order chi connectivity index (χ1) is 14.8. The van der Waals surface area contributed by atoms with Crippen molar-refractivity contribution in [3.8, 4) is 11.4 Å². The second kappa shape index (κ2) is 7.84. The summed E-state index contributed by atoms with van der Waals surface area (Å²) >= 11 is 1.87. The lowest BCUT2D eigenvalue weighted by Gasteiger charge is -2.43. The van der Waals surface area contributed by atoms with Crippen LogP contribution in [-0.4, -0.2) is 39.4 Å². The first kappa shape index (κ1) is 20.9. The Morgan fingerprint density at radius 2 is 1.84 bits per heavy atom. The van der Waals surface area contributed by atoms with Crippen LogP contribution in [0.4, 0.5) is 0 Å². The molecule has 2 aliphatic rings. The van der Waals surface area contributed by atoms with E-state index in [9.17, 15) is 0 Å². The normalized spacial score (nSPS) is 19.0. The number of aromatic nitrogens is 3. The molecular weight excluding hydrogens is 404 g/mol. The van der Waals surface area contributed by atoms with Gasteiger partial charge in [0, 0.05) is 30.6 Å². The number of ether oxygens (including phenoxy) is 1. The summed E-state index contributed by atoms with van der Waals surface area (Å²) in [4.78, 5) is 8.82. The summed E-state index contributed by atoms with van der Waals surface area (Å²) in [5.74, 6) is 1.83. The van der Waals surface area contributed by atoms with Crippen LogP contribution in [0.25, 0.3) is 11.4 Å². The molecule has 6 heteroatoms. The lowest BCUT2D eigenvalue weighted by Crippen LogP contribution is -2.45. The highest BCUT2D eigenvalue weighted by Gasteiger charge is 2.41. The topological polar surface area (TPSA) is 43.2 Å². The Morgan fingerprint density at radius 3 is 2.55 bits per heavy atom. The minimum absolute atomic E-state index is 0.0598. The van der Waals surface area contributed by atoms with Crippen LogP contribution in [-0.2, 0) is 35.8 Å². The van der Waals surface area contributed by atoms with E-state index in [1.165, 1.54) is 16.0 Å². The maximum Gasteiger partial charge on any atom is 0.165 e. The third-order valence-electron chi connectivity index (χ3n) is 6.76. The van der Waals surface area contributed by atoms with Gasteiger partial charge in [-0.05, 0) is 47.3 Å². The van der Waals surface area contributed by atoms with Crippen molar-refractivity contribution in [1.29, 1.82) is 0 Å². The number of likely N-dealkylation sites (tertiary alicyclic amines) is 1. The average molecular weight is 437 g/mol. The highest BCUT2D eigenvalue weighted by Crippen LogP contribution is 2.44. The van der Waals surface area contributed by atoms with Gasteiger partial charge in [-0.25, -0.2) is 9.67 Å². The van der Waals surface area contributed by atoms with E-state index in [-0.39, 0.29) is 11.0 Å². The van der Waals surface area contributed by atoms with Crippen molar-refractivity contribution in [3.63, 3.8) is 0 Å². The van der Waals surface area contributed by atoms with Gasteiger partial charge < -0.3 is 4.74 Å². The summed E-state index contributed by atoms with van der Waals surface area (Å²) in [6.45, 7) is 10.4. The Labute approximate surface area is 189 Å². The zero-order valence-electron chi connectivity index (χ0n) is 19.0. The molecular formula is C25H32N4OS. The number of hydrogen-bond acceptors (Lipinski definition) is 5. The minimum Gasteiger partial charge on any atom is -0.369 e. The molecule has 3 aromatic rings. The van der Waals surface area contributed by atoms with Crippen molar-refractivity contribution in [2.24, 2.45) is 7.05 Å². The van der Waals surface area contributed by atoms with Crippen molar-refractivity contribution in [2.75, 3.05) is 19.7 Å². The molecule has 1 fully saturated rings. The quantitative estimate of drug-likeness (QED) is 0.585. The zero-order chi connectivity index (χ0) is 21.6. The van der Waals surface area contributed by atoms with Gasteiger partial charge in [0.05, 0.1) is 13.2 Å². The van der Waals surface area contributed by atoms with E-state index in [0.717, 1.165) is 62.7 Å². The molecule has 0 N–H and O–H groups in total. The summed E-state index contributed by atoms with van der Waals surface area (Å²) in [6.07, 6.45) is 3.16. The minimum atomic E-state index is -0.0598. The number of piperidine rings is 1. The molecule has 0 unspecified atom stereocenters. The van der Waals surface area contributed by atoms with Gasteiger partial charge >= 0.3 is 0 Å². The molecule has 0 radical (unpaired) electrons. The number of thiophene rings is 1. The number of hydrogen-bond donors (Lipinski definition) is 0. The molecule has 1 aromatic carbocycles. The average Bonchev–Trinajstić information content (AvgIpc) is 3.37. The molecule has 0 atom stereocenters. The summed E-state index contributed by atoms with van der Waals surface area (Å²) in [5.41, 5.74) is 4.04. The molecule has 0 saturated carbocycles. The maximum absolute atomic E-state index is 6.35. The molecule has 5 nitrogen and oxygen atoms in total. The Kier molecular flexibility index (Phi) is 5.27. The van der Waals surface area contributed by atoms with Crippen molar-refractivity contribution in [2.45, 2.75) is 57.6 Å². The van der Waals surface area contributed by atoms with E-state index in [1.807, 2.05) is 23.1 Å². The van der Waals surface area contributed by atoms with Crippen LogP contribution in [0.2, 0.25) is 0 Å². The summed E-state index contributed by atoms with van der Waals surface area (Å²) in [7, 11) is 1.99. The van der Waals surface area contributed by atoms with Gasteiger partial charge in [-0.1, -0.05) is 45.0 Å². The highest BCUT2D eigenvalue weighted by atomic mass is 32.1. The van der Waals surface area contributed by atoms with Crippen molar-refractivity contribution in [1.82, 2.24) is 19.7 Å². The lowest BCUT2D eigenvalue weighted by atomic mass is 9.85. The van der Waals surface area contributed by atoms with E-state index in [1.54, 1.807) is 0 Å². The Morgan fingerprint density at radius 1 is 1.10 bits per heavy atom. The molecule has 2 aromatic heterocycles.